The molecule has 1 aromatic rings. The molecule has 0 atom stereocenters. The molecule has 2 heterocycles. The second-order valence-electron chi connectivity index (χ2n) is 3.22. The van der Waals surface area contributed by atoms with Crippen molar-refractivity contribution in [1.29, 1.82) is 0 Å². The third-order valence-electron chi connectivity index (χ3n) is 2.34. The van der Waals surface area contributed by atoms with Crippen molar-refractivity contribution in [3.8, 4) is 0 Å². The highest BCUT2D eigenvalue weighted by molar-refractivity contribution is 14.1. The second kappa shape index (κ2) is 3.17. The fourth-order valence-corrected chi connectivity index (χ4v) is 3.47. The number of fused-ring (bicyclic) bond motifs is 1. The van der Waals surface area contributed by atoms with E-state index in [9.17, 15) is 8.42 Å². The Morgan fingerprint density at radius 2 is 1.93 bits per heavy atom. The van der Waals surface area contributed by atoms with Crippen molar-refractivity contribution in [2.45, 2.75) is 6.92 Å². The SMILES string of the molecule is Cc1nc2c(n1C)C(I)=NS(=O)(=O)N2C. The van der Waals surface area contributed by atoms with Crippen LogP contribution in [0.15, 0.2) is 4.40 Å². The molecule has 15 heavy (non-hydrogen) atoms. The van der Waals surface area contributed by atoms with Crippen LogP contribution < -0.4 is 4.31 Å². The zero-order chi connectivity index (χ0) is 11.4. The molecule has 0 radical (unpaired) electrons. The van der Waals surface area contributed by atoms with Gasteiger partial charge in [0, 0.05) is 14.1 Å². The van der Waals surface area contributed by atoms with Crippen molar-refractivity contribution in [3.63, 3.8) is 0 Å². The van der Waals surface area contributed by atoms with Crippen LogP contribution in [0.3, 0.4) is 0 Å². The largest absolute Gasteiger partial charge is 0.346 e. The Morgan fingerprint density at radius 1 is 1.33 bits per heavy atom. The maximum absolute atomic E-state index is 11.6. The summed E-state index contributed by atoms with van der Waals surface area (Å²) >= 11 is 1.91. The van der Waals surface area contributed by atoms with Gasteiger partial charge in [-0.25, -0.2) is 9.29 Å². The minimum Gasteiger partial charge on any atom is -0.328 e. The molecule has 0 amide bonds. The van der Waals surface area contributed by atoms with E-state index in [2.05, 4.69) is 9.38 Å². The maximum atomic E-state index is 11.6. The minimum absolute atomic E-state index is 0.439. The minimum atomic E-state index is -3.59. The molecular formula is C7H9IN4O2S. The highest BCUT2D eigenvalue weighted by Crippen LogP contribution is 2.29. The van der Waals surface area contributed by atoms with E-state index in [4.69, 9.17) is 0 Å². The van der Waals surface area contributed by atoms with E-state index in [-0.39, 0.29) is 0 Å². The fourth-order valence-electron chi connectivity index (χ4n) is 1.36. The van der Waals surface area contributed by atoms with E-state index in [1.165, 1.54) is 7.05 Å². The predicted octanol–water partition coefficient (Wildman–Crippen LogP) is 0.605. The summed E-state index contributed by atoms with van der Waals surface area (Å²) in [5.74, 6) is 1.20. The molecular weight excluding hydrogens is 331 g/mol. The van der Waals surface area contributed by atoms with Gasteiger partial charge < -0.3 is 4.57 Å². The van der Waals surface area contributed by atoms with Crippen LogP contribution in [0.2, 0.25) is 0 Å². The molecule has 2 rings (SSSR count). The topological polar surface area (TPSA) is 67.6 Å². The molecule has 0 bridgehead atoms. The molecule has 0 aliphatic carbocycles. The quantitative estimate of drug-likeness (QED) is 0.650. The third-order valence-corrected chi connectivity index (χ3v) is 4.69. The van der Waals surface area contributed by atoms with Gasteiger partial charge in [-0.1, -0.05) is 0 Å². The maximum Gasteiger partial charge on any atom is 0.346 e. The van der Waals surface area contributed by atoms with Gasteiger partial charge in [0.25, 0.3) is 0 Å². The summed E-state index contributed by atoms with van der Waals surface area (Å²) < 4.78 is 30.1. The first-order chi connectivity index (χ1) is 6.84. The van der Waals surface area contributed by atoms with Gasteiger partial charge in [-0.05, 0) is 29.5 Å². The van der Waals surface area contributed by atoms with Crippen LogP contribution in [0.1, 0.15) is 11.5 Å². The lowest BCUT2D eigenvalue weighted by atomic mass is 10.4. The molecule has 0 unspecified atom stereocenters. The average molecular weight is 340 g/mol. The molecule has 1 aliphatic heterocycles. The fraction of sp³-hybridized carbons (Fsp3) is 0.429. The number of nitrogens with zero attached hydrogens (tertiary/aromatic N) is 4. The summed E-state index contributed by atoms with van der Waals surface area (Å²) in [4.78, 5) is 4.20. The molecule has 0 aromatic carbocycles. The molecule has 82 valence electrons. The molecule has 8 heteroatoms. The molecule has 0 saturated heterocycles. The first-order valence-corrected chi connectivity index (χ1v) is 6.60. The van der Waals surface area contributed by atoms with E-state index in [0.717, 1.165) is 15.8 Å². The van der Waals surface area contributed by atoms with Gasteiger partial charge in [0.1, 0.15) is 15.2 Å². The Morgan fingerprint density at radius 3 is 2.53 bits per heavy atom. The average Bonchev–Trinajstić information content (AvgIpc) is 2.40. The Labute approximate surface area is 101 Å². The molecule has 0 spiro atoms. The third kappa shape index (κ3) is 1.46. The number of aromatic nitrogens is 2. The molecule has 1 aromatic heterocycles. The first kappa shape index (κ1) is 10.9. The van der Waals surface area contributed by atoms with E-state index in [1.54, 1.807) is 0 Å². The normalized spacial score (nSPS) is 18.7. The van der Waals surface area contributed by atoms with Gasteiger partial charge in [0.05, 0.1) is 0 Å². The number of aryl methyl sites for hydroxylation is 1. The van der Waals surface area contributed by atoms with Gasteiger partial charge in [-0.15, -0.1) is 4.40 Å². The van der Waals surface area contributed by atoms with Crippen molar-refractivity contribution in [2.24, 2.45) is 11.4 Å². The highest BCUT2D eigenvalue weighted by atomic mass is 127. The number of hydrogen-bond acceptors (Lipinski definition) is 3. The zero-order valence-corrected chi connectivity index (χ0v) is 11.4. The van der Waals surface area contributed by atoms with E-state index < -0.39 is 10.2 Å². The predicted molar refractivity (Wildman–Crippen MR) is 65.8 cm³/mol. The van der Waals surface area contributed by atoms with Crippen molar-refractivity contribution in [2.75, 3.05) is 11.4 Å². The van der Waals surface area contributed by atoms with Crippen LogP contribution in [-0.2, 0) is 17.3 Å². The summed E-state index contributed by atoms with van der Waals surface area (Å²) in [6.07, 6.45) is 0. The van der Waals surface area contributed by atoms with Gasteiger partial charge in [-0.2, -0.15) is 8.42 Å². The molecule has 1 aliphatic rings. The Kier molecular flexibility index (Phi) is 2.30. The van der Waals surface area contributed by atoms with Crippen LogP contribution in [0, 0.1) is 6.92 Å². The summed E-state index contributed by atoms with van der Waals surface area (Å²) in [6, 6.07) is 0. The standard InChI is InChI=1S/C7H9IN4O2S/c1-4-9-7-5(11(4)2)6(8)10-15(13,14)12(7)3/h1-3H3. The van der Waals surface area contributed by atoms with Crippen LogP contribution in [0.25, 0.3) is 0 Å². The number of imidazole rings is 1. The molecule has 0 saturated carbocycles. The van der Waals surface area contributed by atoms with E-state index in [1.807, 2.05) is 41.1 Å². The zero-order valence-electron chi connectivity index (χ0n) is 8.39. The van der Waals surface area contributed by atoms with Crippen molar-refractivity contribution in [1.82, 2.24) is 9.55 Å². The number of rotatable bonds is 0. The lowest BCUT2D eigenvalue weighted by molar-refractivity contribution is 0.595. The van der Waals surface area contributed by atoms with Crippen LogP contribution >= 0.6 is 22.6 Å². The van der Waals surface area contributed by atoms with Crippen LogP contribution in [-0.4, -0.2) is 28.7 Å². The monoisotopic (exact) mass is 340 g/mol. The first-order valence-electron chi connectivity index (χ1n) is 4.12. The summed E-state index contributed by atoms with van der Waals surface area (Å²) in [5, 5.41) is 0. The van der Waals surface area contributed by atoms with Crippen molar-refractivity contribution in [3.05, 3.63) is 11.5 Å². The highest BCUT2D eigenvalue weighted by Gasteiger charge is 2.31. The van der Waals surface area contributed by atoms with Crippen molar-refractivity contribution >= 4 is 42.3 Å². The lowest BCUT2D eigenvalue weighted by Gasteiger charge is -2.19. The van der Waals surface area contributed by atoms with Gasteiger partial charge in [0.2, 0.25) is 0 Å². The summed E-state index contributed by atoms with van der Waals surface area (Å²) in [5.41, 5.74) is 0.741. The van der Waals surface area contributed by atoms with Crippen LogP contribution in [0.4, 0.5) is 5.82 Å². The van der Waals surface area contributed by atoms with Gasteiger partial charge in [-0.3, -0.25) is 0 Å². The lowest BCUT2D eigenvalue weighted by Crippen LogP contribution is -2.30. The summed E-state index contributed by atoms with van der Waals surface area (Å²) in [7, 11) is -0.303. The summed E-state index contributed by atoms with van der Waals surface area (Å²) in [6.45, 7) is 1.82. The Hall–Kier alpha value is -0.640. The van der Waals surface area contributed by atoms with E-state index in [0.29, 0.717) is 9.54 Å². The number of anilines is 1. The van der Waals surface area contributed by atoms with Gasteiger partial charge >= 0.3 is 10.2 Å². The number of halogens is 1. The Bertz CT molecular complexity index is 560. The molecule has 0 N–H and O–H groups in total. The van der Waals surface area contributed by atoms with Crippen molar-refractivity contribution < 1.29 is 8.42 Å². The second-order valence-corrected chi connectivity index (χ2v) is 5.87. The smallest absolute Gasteiger partial charge is 0.328 e. The molecule has 0 fully saturated rings. The van der Waals surface area contributed by atoms with Gasteiger partial charge in [0.15, 0.2) is 5.82 Å². The Balaban J connectivity index is 2.80. The molecule has 6 nitrogen and oxygen atoms in total. The van der Waals surface area contributed by atoms with Crippen LogP contribution in [0.5, 0.6) is 0 Å². The van der Waals surface area contributed by atoms with E-state index >= 15 is 0 Å². The number of hydrogen-bond donors (Lipinski definition) is 0.